The van der Waals surface area contributed by atoms with Crippen LogP contribution in [0, 0.1) is 0 Å². The smallest absolute Gasteiger partial charge is 0.262 e. The largest absolute Gasteiger partial charge is 0.424 e. The molecule has 2 heterocycles. The molecule has 0 spiro atoms. The highest BCUT2D eigenvalue weighted by Crippen LogP contribution is 2.22. The zero-order chi connectivity index (χ0) is 22.3. The molecule has 0 aliphatic heterocycles. The van der Waals surface area contributed by atoms with Crippen LogP contribution in [0.4, 0.5) is 0 Å². The summed E-state index contributed by atoms with van der Waals surface area (Å²) in [6.07, 6.45) is 1.48. The van der Waals surface area contributed by atoms with E-state index < -0.39 is 0 Å². The third kappa shape index (κ3) is 5.63. The van der Waals surface area contributed by atoms with Gasteiger partial charge in [-0.2, -0.15) is 0 Å². The predicted octanol–water partition coefficient (Wildman–Crippen LogP) is 4.48. The summed E-state index contributed by atoms with van der Waals surface area (Å²) in [6, 6.07) is 17.4. The molecule has 0 unspecified atom stereocenters. The molecule has 32 heavy (non-hydrogen) atoms. The van der Waals surface area contributed by atoms with Crippen LogP contribution in [0.25, 0.3) is 10.9 Å². The van der Waals surface area contributed by atoms with Crippen LogP contribution in [-0.4, -0.2) is 32.5 Å². The van der Waals surface area contributed by atoms with Gasteiger partial charge in [0.25, 0.3) is 5.56 Å². The van der Waals surface area contributed by atoms with E-state index in [4.69, 9.17) is 14.1 Å². The lowest BCUT2D eigenvalue weighted by atomic mass is 10.2. The fraction of sp³-hybridized carbons (Fsp3) is 0.333. The lowest BCUT2D eigenvalue weighted by molar-refractivity contribution is 0.0743. The molecule has 0 saturated carbocycles. The van der Waals surface area contributed by atoms with Crippen LogP contribution in [-0.2, 0) is 23.5 Å². The van der Waals surface area contributed by atoms with Gasteiger partial charge in [0.1, 0.15) is 0 Å². The molecule has 0 atom stereocenters. The number of fused-ring (bicyclic) bond motifs is 1. The van der Waals surface area contributed by atoms with Gasteiger partial charge in [0.15, 0.2) is 5.16 Å². The summed E-state index contributed by atoms with van der Waals surface area (Å²) in [5.41, 5.74) is 1.76. The van der Waals surface area contributed by atoms with E-state index in [1.807, 2.05) is 68.4 Å². The van der Waals surface area contributed by atoms with Crippen LogP contribution in [0.3, 0.4) is 0 Å². The molecule has 0 amide bonds. The van der Waals surface area contributed by atoms with Crippen molar-refractivity contribution in [1.29, 1.82) is 0 Å². The second kappa shape index (κ2) is 10.6. The molecular weight excluding hydrogens is 424 g/mol. The molecule has 0 aliphatic carbocycles. The van der Waals surface area contributed by atoms with Crippen LogP contribution >= 0.6 is 11.8 Å². The maximum Gasteiger partial charge on any atom is 0.262 e. The topological polar surface area (TPSA) is 83.0 Å². The van der Waals surface area contributed by atoms with Gasteiger partial charge in [-0.1, -0.05) is 54.2 Å². The van der Waals surface area contributed by atoms with Crippen LogP contribution < -0.4 is 5.56 Å². The van der Waals surface area contributed by atoms with Crippen molar-refractivity contribution in [3.8, 4) is 0 Å². The Morgan fingerprint density at radius 3 is 2.59 bits per heavy atom. The first-order valence-corrected chi connectivity index (χ1v) is 11.7. The highest BCUT2D eigenvalue weighted by molar-refractivity contribution is 7.98. The monoisotopic (exact) mass is 450 g/mol. The number of para-hydroxylation sites is 1. The molecular formula is C24H26N4O3S. The van der Waals surface area contributed by atoms with Crippen molar-refractivity contribution < 1.29 is 9.15 Å². The van der Waals surface area contributed by atoms with Gasteiger partial charge in [-0.05, 0) is 38.0 Å². The molecule has 7 nitrogen and oxygen atoms in total. The standard InChI is InChI=1S/C24H26N4O3S/c1-17(2)30-14-8-13-28-23(29)19-11-6-7-12-20(19)25-24(28)32-16-22-27-26-21(31-22)15-18-9-4-3-5-10-18/h3-7,9-12,17H,8,13-16H2,1-2H3. The van der Waals surface area contributed by atoms with Gasteiger partial charge in [-0.25, -0.2) is 4.98 Å². The zero-order valence-corrected chi connectivity index (χ0v) is 19.0. The zero-order valence-electron chi connectivity index (χ0n) is 18.2. The molecule has 0 fully saturated rings. The highest BCUT2D eigenvalue weighted by atomic mass is 32.2. The number of thioether (sulfide) groups is 1. The molecule has 0 N–H and O–H groups in total. The summed E-state index contributed by atoms with van der Waals surface area (Å²) in [5.74, 6) is 1.52. The van der Waals surface area contributed by atoms with Crippen LogP contribution in [0.15, 0.2) is 69.0 Å². The number of benzene rings is 2. The molecule has 166 valence electrons. The Labute approximate surface area is 190 Å². The third-order valence-electron chi connectivity index (χ3n) is 4.84. The van der Waals surface area contributed by atoms with Crippen molar-refractivity contribution in [2.75, 3.05) is 6.61 Å². The maximum atomic E-state index is 13.1. The Hall–Kier alpha value is -2.97. The predicted molar refractivity (Wildman–Crippen MR) is 125 cm³/mol. The average molecular weight is 451 g/mol. The number of hydrogen-bond donors (Lipinski definition) is 0. The number of rotatable bonds is 10. The lowest BCUT2D eigenvalue weighted by Crippen LogP contribution is -2.24. The van der Waals surface area contributed by atoms with Crippen LogP contribution in [0.1, 0.15) is 37.6 Å². The fourth-order valence-corrected chi connectivity index (χ4v) is 4.17. The van der Waals surface area contributed by atoms with Gasteiger partial charge in [0, 0.05) is 13.2 Å². The van der Waals surface area contributed by atoms with Gasteiger partial charge in [0.2, 0.25) is 11.8 Å². The quantitative estimate of drug-likeness (QED) is 0.200. The number of hydrogen-bond acceptors (Lipinski definition) is 7. The Kier molecular flexibility index (Phi) is 7.34. The molecule has 2 aromatic heterocycles. The minimum Gasteiger partial charge on any atom is -0.424 e. The Bertz CT molecular complexity index is 1220. The van der Waals surface area contributed by atoms with E-state index >= 15 is 0 Å². The van der Waals surface area contributed by atoms with E-state index in [0.29, 0.717) is 53.2 Å². The summed E-state index contributed by atoms with van der Waals surface area (Å²) in [4.78, 5) is 17.8. The Morgan fingerprint density at radius 2 is 1.78 bits per heavy atom. The molecule has 8 heteroatoms. The summed E-state index contributed by atoms with van der Waals surface area (Å²) < 4.78 is 13.2. The van der Waals surface area contributed by atoms with Gasteiger partial charge in [0.05, 0.1) is 29.2 Å². The fourth-order valence-electron chi connectivity index (χ4n) is 3.31. The van der Waals surface area contributed by atoms with Gasteiger partial charge in [-0.3, -0.25) is 9.36 Å². The van der Waals surface area contributed by atoms with Gasteiger partial charge in [-0.15, -0.1) is 10.2 Å². The Balaban J connectivity index is 1.50. The molecule has 0 bridgehead atoms. The van der Waals surface area contributed by atoms with E-state index in [0.717, 1.165) is 12.0 Å². The molecule has 0 saturated heterocycles. The first-order chi connectivity index (χ1) is 15.6. The van der Waals surface area contributed by atoms with Crippen molar-refractivity contribution in [3.05, 3.63) is 82.3 Å². The van der Waals surface area contributed by atoms with E-state index in [-0.39, 0.29) is 11.7 Å². The van der Waals surface area contributed by atoms with Crippen molar-refractivity contribution >= 4 is 22.7 Å². The lowest BCUT2D eigenvalue weighted by Gasteiger charge is -2.13. The molecule has 4 rings (SSSR count). The van der Waals surface area contributed by atoms with Gasteiger partial charge < -0.3 is 9.15 Å². The summed E-state index contributed by atoms with van der Waals surface area (Å²) in [7, 11) is 0. The summed E-state index contributed by atoms with van der Waals surface area (Å²) in [5, 5.41) is 9.57. The van der Waals surface area contributed by atoms with Crippen molar-refractivity contribution in [2.45, 2.75) is 50.2 Å². The first-order valence-electron chi connectivity index (χ1n) is 10.7. The Morgan fingerprint density at radius 1 is 1.03 bits per heavy atom. The summed E-state index contributed by atoms with van der Waals surface area (Å²) in [6.45, 7) is 5.13. The first kappa shape index (κ1) is 22.2. The minimum atomic E-state index is -0.0436. The van der Waals surface area contributed by atoms with Crippen molar-refractivity contribution in [1.82, 2.24) is 19.7 Å². The molecule has 4 aromatic rings. The van der Waals surface area contributed by atoms with Crippen molar-refractivity contribution in [3.63, 3.8) is 0 Å². The number of nitrogens with zero attached hydrogens (tertiary/aromatic N) is 4. The van der Waals surface area contributed by atoms with Crippen LogP contribution in [0.5, 0.6) is 0 Å². The third-order valence-corrected chi connectivity index (χ3v) is 5.80. The minimum absolute atomic E-state index is 0.0436. The summed E-state index contributed by atoms with van der Waals surface area (Å²) >= 11 is 1.43. The van der Waals surface area contributed by atoms with E-state index in [2.05, 4.69) is 10.2 Å². The van der Waals surface area contributed by atoms with E-state index in [1.165, 1.54) is 11.8 Å². The second-order valence-electron chi connectivity index (χ2n) is 7.68. The van der Waals surface area contributed by atoms with E-state index in [9.17, 15) is 4.79 Å². The average Bonchev–Trinajstić information content (AvgIpc) is 3.24. The molecule has 0 aliphatic rings. The second-order valence-corrected chi connectivity index (χ2v) is 8.62. The highest BCUT2D eigenvalue weighted by Gasteiger charge is 2.14. The van der Waals surface area contributed by atoms with Crippen molar-refractivity contribution in [2.24, 2.45) is 0 Å². The number of ether oxygens (including phenoxy) is 1. The number of aromatic nitrogens is 4. The molecule has 2 aromatic carbocycles. The maximum absolute atomic E-state index is 13.1. The molecule has 0 radical (unpaired) electrons. The normalized spacial score (nSPS) is 11.5. The SMILES string of the molecule is CC(C)OCCCn1c(SCc2nnc(Cc3ccccc3)o2)nc2ccccc2c1=O. The van der Waals surface area contributed by atoms with Gasteiger partial charge >= 0.3 is 0 Å². The van der Waals surface area contributed by atoms with E-state index in [1.54, 1.807) is 4.57 Å². The van der Waals surface area contributed by atoms with Crippen LogP contribution in [0.2, 0.25) is 0 Å².